The first kappa shape index (κ1) is 13.9. The molecule has 0 atom stereocenters. The second kappa shape index (κ2) is 5.22. The first-order chi connectivity index (χ1) is 8.88. The number of aryl methyl sites for hydroxylation is 1. The van der Waals surface area contributed by atoms with Crippen LogP contribution in [-0.2, 0) is 10.0 Å². The number of nitrogens with zero attached hydrogens (tertiary/aromatic N) is 2. The molecule has 0 saturated carbocycles. The molecular weight excluding hydrogens is 337 g/mol. The summed E-state index contributed by atoms with van der Waals surface area (Å²) in [6.45, 7) is 1.73. The van der Waals surface area contributed by atoms with E-state index in [0.29, 0.717) is 5.69 Å². The van der Waals surface area contributed by atoms with E-state index in [-0.39, 0.29) is 10.7 Å². The summed E-state index contributed by atoms with van der Waals surface area (Å²) >= 11 is 3.26. The summed E-state index contributed by atoms with van der Waals surface area (Å²) in [5, 5.41) is 0. The zero-order chi connectivity index (χ0) is 14.0. The Labute approximate surface area is 118 Å². The van der Waals surface area contributed by atoms with Crippen molar-refractivity contribution in [2.75, 3.05) is 4.72 Å². The van der Waals surface area contributed by atoms with Crippen LogP contribution in [0.3, 0.4) is 0 Å². The summed E-state index contributed by atoms with van der Waals surface area (Å²) in [6, 6.07) is 4.06. The molecule has 2 aromatic rings. The van der Waals surface area contributed by atoms with Crippen molar-refractivity contribution in [2.45, 2.75) is 11.8 Å². The molecule has 5 nitrogen and oxygen atoms in total. The number of nitrogens with one attached hydrogen (secondary N) is 1. The molecule has 0 aromatic carbocycles. The summed E-state index contributed by atoms with van der Waals surface area (Å²) in [6.07, 6.45) is 2.00. The summed E-state index contributed by atoms with van der Waals surface area (Å²) in [4.78, 5) is 7.30. The van der Waals surface area contributed by atoms with E-state index < -0.39 is 15.8 Å². The molecule has 2 heterocycles. The fourth-order valence-corrected chi connectivity index (χ4v) is 2.53. The highest BCUT2D eigenvalue weighted by atomic mass is 79.9. The molecule has 0 aliphatic rings. The quantitative estimate of drug-likeness (QED) is 0.927. The van der Waals surface area contributed by atoms with Crippen LogP contribution in [0.15, 0.2) is 40.0 Å². The van der Waals surface area contributed by atoms with Crippen LogP contribution in [0.5, 0.6) is 0 Å². The molecule has 2 rings (SSSR count). The summed E-state index contributed by atoms with van der Waals surface area (Å²) < 4.78 is 40.0. The molecule has 0 unspecified atom stereocenters. The van der Waals surface area contributed by atoms with Gasteiger partial charge in [0.25, 0.3) is 10.0 Å². The predicted molar refractivity (Wildman–Crippen MR) is 71.7 cm³/mol. The van der Waals surface area contributed by atoms with Crippen LogP contribution in [0.2, 0.25) is 0 Å². The lowest BCUT2D eigenvalue weighted by Gasteiger charge is -2.08. The average Bonchev–Trinajstić information content (AvgIpc) is 2.33. The number of hydrogen-bond acceptors (Lipinski definition) is 4. The van der Waals surface area contributed by atoms with E-state index in [0.717, 1.165) is 22.9 Å². The first-order valence-corrected chi connectivity index (χ1v) is 7.42. The lowest BCUT2D eigenvalue weighted by molar-refractivity contribution is 0.592. The molecule has 100 valence electrons. The zero-order valence-corrected chi connectivity index (χ0v) is 12.2. The van der Waals surface area contributed by atoms with Crippen LogP contribution in [0.25, 0.3) is 0 Å². The molecule has 0 bridgehead atoms. The zero-order valence-electron chi connectivity index (χ0n) is 9.76. The topological polar surface area (TPSA) is 72.0 Å². The van der Waals surface area contributed by atoms with Crippen molar-refractivity contribution in [3.8, 4) is 0 Å². The van der Waals surface area contributed by atoms with E-state index in [4.69, 9.17) is 0 Å². The summed E-state index contributed by atoms with van der Waals surface area (Å²) in [5.74, 6) is -0.562. The number of hydrogen-bond donors (Lipinski definition) is 1. The van der Waals surface area contributed by atoms with Gasteiger partial charge in [-0.15, -0.1) is 0 Å². The van der Waals surface area contributed by atoms with Crippen LogP contribution < -0.4 is 4.72 Å². The second-order valence-corrected chi connectivity index (χ2v) is 6.24. The van der Waals surface area contributed by atoms with E-state index in [2.05, 4.69) is 30.6 Å². The standard InChI is InChI=1S/C11H9BrFN3O2S/c1-7-10(12)2-3-11(15-7)16-19(17,18)9-4-8(13)5-14-6-9/h2-6H,1H3,(H,15,16). The van der Waals surface area contributed by atoms with Gasteiger partial charge in [0.05, 0.1) is 11.9 Å². The smallest absolute Gasteiger partial charge is 0.263 e. The van der Waals surface area contributed by atoms with Gasteiger partial charge in [0.1, 0.15) is 16.5 Å². The van der Waals surface area contributed by atoms with Gasteiger partial charge in [0.15, 0.2) is 0 Å². The molecule has 1 N–H and O–H groups in total. The Morgan fingerprint density at radius 2 is 2.05 bits per heavy atom. The average molecular weight is 346 g/mol. The van der Waals surface area contributed by atoms with Crippen LogP contribution in [-0.4, -0.2) is 18.4 Å². The van der Waals surface area contributed by atoms with Gasteiger partial charge < -0.3 is 0 Å². The van der Waals surface area contributed by atoms with Crippen molar-refractivity contribution in [3.63, 3.8) is 0 Å². The van der Waals surface area contributed by atoms with Gasteiger partial charge in [-0.1, -0.05) is 0 Å². The highest BCUT2D eigenvalue weighted by molar-refractivity contribution is 9.10. The fraction of sp³-hybridized carbons (Fsp3) is 0.0909. The van der Waals surface area contributed by atoms with Gasteiger partial charge in [0, 0.05) is 10.7 Å². The fourth-order valence-electron chi connectivity index (χ4n) is 1.34. The molecule has 19 heavy (non-hydrogen) atoms. The van der Waals surface area contributed by atoms with Gasteiger partial charge in [-0.3, -0.25) is 9.71 Å². The number of pyridine rings is 2. The SMILES string of the molecule is Cc1nc(NS(=O)(=O)c2cncc(F)c2)ccc1Br. The molecular formula is C11H9BrFN3O2S. The third-order valence-corrected chi connectivity index (χ3v) is 4.41. The van der Waals surface area contributed by atoms with Crippen LogP contribution >= 0.6 is 15.9 Å². The Morgan fingerprint density at radius 3 is 2.68 bits per heavy atom. The largest absolute Gasteiger partial charge is 0.264 e. The van der Waals surface area contributed by atoms with Crippen molar-refractivity contribution in [1.29, 1.82) is 0 Å². The van der Waals surface area contributed by atoms with Gasteiger partial charge in [0.2, 0.25) is 0 Å². The monoisotopic (exact) mass is 345 g/mol. The summed E-state index contributed by atoms with van der Waals surface area (Å²) in [5.41, 5.74) is 0.637. The van der Waals surface area contributed by atoms with Crippen LogP contribution in [0, 0.1) is 12.7 Å². The van der Waals surface area contributed by atoms with E-state index in [9.17, 15) is 12.8 Å². The first-order valence-electron chi connectivity index (χ1n) is 5.15. The van der Waals surface area contributed by atoms with E-state index in [1.165, 1.54) is 6.07 Å². The lowest BCUT2D eigenvalue weighted by Crippen LogP contribution is -2.14. The summed E-state index contributed by atoms with van der Waals surface area (Å²) in [7, 11) is -3.90. The number of aromatic nitrogens is 2. The molecule has 0 amide bonds. The van der Waals surface area contributed by atoms with Crippen molar-refractivity contribution in [1.82, 2.24) is 9.97 Å². The molecule has 0 fully saturated rings. The maximum Gasteiger partial charge on any atom is 0.264 e. The normalized spacial score (nSPS) is 11.3. The molecule has 0 saturated heterocycles. The maximum atomic E-state index is 13.0. The van der Waals surface area contributed by atoms with E-state index in [1.807, 2.05) is 0 Å². The Morgan fingerprint density at radius 1 is 1.32 bits per heavy atom. The third-order valence-electron chi connectivity index (χ3n) is 2.25. The molecule has 2 aromatic heterocycles. The van der Waals surface area contributed by atoms with Gasteiger partial charge in [-0.05, 0) is 41.1 Å². The number of anilines is 1. The number of rotatable bonds is 3. The van der Waals surface area contributed by atoms with Crippen LogP contribution in [0.1, 0.15) is 5.69 Å². The Bertz CT molecular complexity index is 722. The lowest BCUT2D eigenvalue weighted by atomic mass is 10.4. The van der Waals surface area contributed by atoms with Crippen LogP contribution in [0.4, 0.5) is 10.2 Å². The van der Waals surface area contributed by atoms with E-state index in [1.54, 1.807) is 13.0 Å². The maximum absolute atomic E-state index is 13.0. The Kier molecular flexibility index (Phi) is 3.81. The highest BCUT2D eigenvalue weighted by Crippen LogP contribution is 2.19. The molecule has 0 radical (unpaired) electrons. The Hall–Kier alpha value is -1.54. The van der Waals surface area contributed by atoms with Gasteiger partial charge in [-0.25, -0.2) is 17.8 Å². The van der Waals surface area contributed by atoms with Crippen molar-refractivity contribution in [2.24, 2.45) is 0 Å². The second-order valence-electron chi connectivity index (χ2n) is 3.71. The molecule has 0 spiro atoms. The molecule has 8 heteroatoms. The minimum Gasteiger partial charge on any atom is -0.263 e. The molecule has 0 aliphatic carbocycles. The van der Waals surface area contributed by atoms with Crippen molar-refractivity contribution in [3.05, 3.63) is 46.6 Å². The number of halogens is 2. The number of sulfonamides is 1. The van der Waals surface area contributed by atoms with Gasteiger partial charge in [-0.2, -0.15) is 0 Å². The minimum atomic E-state index is -3.90. The minimum absolute atomic E-state index is 0.157. The van der Waals surface area contributed by atoms with Crippen molar-refractivity contribution >= 4 is 31.8 Å². The van der Waals surface area contributed by atoms with Gasteiger partial charge >= 0.3 is 0 Å². The third kappa shape index (κ3) is 3.27. The van der Waals surface area contributed by atoms with Crippen molar-refractivity contribution < 1.29 is 12.8 Å². The van der Waals surface area contributed by atoms with E-state index >= 15 is 0 Å². The Balaban J connectivity index is 2.33. The highest BCUT2D eigenvalue weighted by Gasteiger charge is 2.16. The molecule has 0 aliphatic heterocycles. The predicted octanol–water partition coefficient (Wildman–Crippen LogP) is 2.49.